The molecule has 0 aromatic heterocycles. The average molecular weight is 287 g/mol. The summed E-state index contributed by atoms with van der Waals surface area (Å²) in [5, 5.41) is 6.95. The number of thioether (sulfide) groups is 1. The molecule has 100 valence electrons. The summed E-state index contributed by atoms with van der Waals surface area (Å²) in [6.07, 6.45) is 0.453. The van der Waals surface area contributed by atoms with Gasteiger partial charge in [-0.3, -0.25) is 4.79 Å². The van der Waals surface area contributed by atoms with Gasteiger partial charge in [0.15, 0.2) is 0 Å². The lowest BCUT2D eigenvalue weighted by Crippen LogP contribution is -2.19. The normalized spacial score (nSPS) is 10.7. The van der Waals surface area contributed by atoms with E-state index in [-0.39, 0.29) is 5.91 Å². The lowest BCUT2D eigenvalue weighted by Gasteiger charge is -2.13. The van der Waals surface area contributed by atoms with Crippen molar-refractivity contribution in [2.45, 2.75) is 30.4 Å². The number of anilines is 1. The summed E-state index contributed by atoms with van der Waals surface area (Å²) in [4.78, 5) is 12.8. The van der Waals surface area contributed by atoms with E-state index in [1.54, 1.807) is 17.8 Å². The van der Waals surface area contributed by atoms with E-state index >= 15 is 0 Å². The highest BCUT2D eigenvalue weighted by atomic mass is 35.5. The third kappa shape index (κ3) is 5.29. The zero-order chi connectivity index (χ0) is 13.5. The first kappa shape index (κ1) is 15.3. The minimum atomic E-state index is -0.00257. The Labute approximate surface area is 118 Å². The molecule has 0 unspecified atom stereocenters. The molecule has 2 N–H and O–H groups in total. The van der Waals surface area contributed by atoms with E-state index in [0.29, 0.717) is 23.2 Å². The van der Waals surface area contributed by atoms with Gasteiger partial charge in [-0.25, -0.2) is 0 Å². The largest absolute Gasteiger partial charge is 0.325 e. The quantitative estimate of drug-likeness (QED) is 0.788. The van der Waals surface area contributed by atoms with Crippen LogP contribution >= 0.6 is 23.4 Å². The second kappa shape index (κ2) is 7.67. The molecule has 0 atom stereocenters. The maximum absolute atomic E-state index is 11.7. The fourth-order valence-corrected chi connectivity index (χ4v) is 2.47. The topological polar surface area (TPSA) is 41.1 Å². The molecule has 0 saturated carbocycles. The molecule has 1 rings (SSSR count). The van der Waals surface area contributed by atoms with Crippen molar-refractivity contribution >= 4 is 35.0 Å². The van der Waals surface area contributed by atoms with Gasteiger partial charge < -0.3 is 10.6 Å². The number of halogens is 1. The molecule has 0 aliphatic carbocycles. The molecule has 3 nitrogen and oxygen atoms in total. The zero-order valence-electron chi connectivity index (χ0n) is 10.9. The molecule has 1 aromatic rings. The number of rotatable bonds is 6. The minimum absolute atomic E-state index is 0.00257. The first-order valence-electron chi connectivity index (χ1n) is 5.93. The molecular formula is C13H19ClN2OS. The van der Waals surface area contributed by atoms with Crippen molar-refractivity contribution in [2.75, 3.05) is 18.9 Å². The smallest absolute Gasteiger partial charge is 0.225 e. The number of nitrogens with one attached hydrogen (secondary N) is 2. The lowest BCUT2D eigenvalue weighted by molar-refractivity contribution is -0.116. The van der Waals surface area contributed by atoms with Gasteiger partial charge >= 0.3 is 0 Å². The van der Waals surface area contributed by atoms with Crippen molar-refractivity contribution in [2.24, 2.45) is 0 Å². The van der Waals surface area contributed by atoms with Gasteiger partial charge in [0.05, 0.1) is 5.69 Å². The van der Waals surface area contributed by atoms with E-state index in [9.17, 15) is 4.79 Å². The van der Waals surface area contributed by atoms with Crippen molar-refractivity contribution in [3.63, 3.8) is 0 Å². The Hall–Kier alpha value is -0.710. The van der Waals surface area contributed by atoms with Crippen LogP contribution in [-0.4, -0.2) is 24.7 Å². The molecule has 1 aromatic carbocycles. The van der Waals surface area contributed by atoms with Crippen molar-refractivity contribution in [3.8, 4) is 0 Å². The van der Waals surface area contributed by atoms with Gasteiger partial charge in [-0.05, 0) is 25.2 Å². The molecule has 0 heterocycles. The summed E-state index contributed by atoms with van der Waals surface area (Å²) < 4.78 is 0. The summed E-state index contributed by atoms with van der Waals surface area (Å²) in [6.45, 7) is 4.90. The van der Waals surface area contributed by atoms with Crippen LogP contribution in [0.5, 0.6) is 0 Å². The Bertz CT molecular complexity index is 410. The van der Waals surface area contributed by atoms with Crippen LogP contribution in [0.25, 0.3) is 0 Å². The van der Waals surface area contributed by atoms with Gasteiger partial charge in [-0.2, -0.15) is 0 Å². The van der Waals surface area contributed by atoms with E-state index in [1.807, 2.05) is 19.2 Å². The Kier molecular flexibility index (Phi) is 6.54. The highest BCUT2D eigenvalue weighted by molar-refractivity contribution is 8.00. The van der Waals surface area contributed by atoms with Crippen LogP contribution < -0.4 is 10.6 Å². The number of carbonyl (C=O) groups is 1. The Balaban J connectivity index is 2.78. The Morgan fingerprint density at radius 1 is 1.44 bits per heavy atom. The van der Waals surface area contributed by atoms with E-state index in [1.165, 1.54) is 0 Å². The lowest BCUT2D eigenvalue weighted by atomic mass is 10.3. The van der Waals surface area contributed by atoms with Gasteiger partial charge in [0.25, 0.3) is 0 Å². The second-order valence-electron chi connectivity index (χ2n) is 4.21. The Morgan fingerprint density at radius 3 is 2.78 bits per heavy atom. The molecule has 5 heteroatoms. The van der Waals surface area contributed by atoms with Crippen LogP contribution in [0.3, 0.4) is 0 Å². The van der Waals surface area contributed by atoms with Crippen LogP contribution in [0.1, 0.15) is 20.3 Å². The standard InChI is InChI=1S/C13H19ClN2OS/c1-9(2)18-12-5-4-10(14)8-11(12)16-13(17)6-7-15-3/h4-5,8-9,15H,6-7H2,1-3H3,(H,16,17). The van der Waals surface area contributed by atoms with Gasteiger partial charge in [0, 0.05) is 28.1 Å². The molecule has 0 saturated heterocycles. The highest BCUT2D eigenvalue weighted by Crippen LogP contribution is 2.32. The maximum Gasteiger partial charge on any atom is 0.225 e. The van der Waals surface area contributed by atoms with Gasteiger partial charge in [-0.1, -0.05) is 25.4 Å². The van der Waals surface area contributed by atoms with Gasteiger partial charge in [0.1, 0.15) is 0 Å². The third-order valence-electron chi connectivity index (χ3n) is 2.18. The predicted molar refractivity (Wildman–Crippen MR) is 79.6 cm³/mol. The number of benzene rings is 1. The highest BCUT2D eigenvalue weighted by Gasteiger charge is 2.09. The van der Waals surface area contributed by atoms with Gasteiger partial charge in [-0.15, -0.1) is 11.8 Å². The Morgan fingerprint density at radius 2 is 2.17 bits per heavy atom. The molecule has 1 amide bonds. The second-order valence-corrected chi connectivity index (χ2v) is 6.26. The molecule has 0 aliphatic rings. The van der Waals surface area contributed by atoms with Crippen molar-refractivity contribution < 1.29 is 4.79 Å². The van der Waals surface area contributed by atoms with Crippen LogP contribution in [0.4, 0.5) is 5.69 Å². The van der Waals surface area contributed by atoms with Crippen molar-refractivity contribution in [1.29, 1.82) is 0 Å². The van der Waals surface area contributed by atoms with E-state index in [4.69, 9.17) is 11.6 Å². The van der Waals surface area contributed by atoms with E-state index < -0.39 is 0 Å². The molecule has 0 bridgehead atoms. The van der Waals surface area contributed by atoms with Gasteiger partial charge in [0.2, 0.25) is 5.91 Å². The third-order valence-corrected chi connectivity index (χ3v) is 3.50. The molecule has 0 spiro atoms. The van der Waals surface area contributed by atoms with Crippen molar-refractivity contribution in [3.05, 3.63) is 23.2 Å². The van der Waals surface area contributed by atoms with Crippen LogP contribution in [-0.2, 0) is 4.79 Å². The molecule has 0 fully saturated rings. The number of carbonyl (C=O) groups excluding carboxylic acids is 1. The SMILES string of the molecule is CNCCC(=O)Nc1cc(Cl)ccc1SC(C)C. The van der Waals surface area contributed by atoms with E-state index in [0.717, 1.165) is 10.6 Å². The summed E-state index contributed by atoms with van der Waals surface area (Å²) in [5.74, 6) is -0.00257. The maximum atomic E-state index is 11.7. The van der Waals surface area contributed by atoms with Crippen LogP contribution in [0.15, 0.2) is 23.1 Å². The average Bonchev–Trinajstić information content (AvgIpc) is 2.29. The first-order valence-corrected chi connectivity index (χ1v) is 7.19. The van der Waals surface area contributed by atoms with Crippen LogP contribution in [0, 0.1) is 0 Å². The molecular weight excluding hydrogens is 268 g/mol. The fourth-order valence-electron chi connectivity index (χ4n) is 1.41. The van der Waals surface area contributed by atoms with Crippen molar-refractivity contribution in [1.82, 2.24) is 5.32 Å². The fraction of sp³-hybridized carbons (Fsp3) is 0.462. The summed E-state index contributed by atoms with van der Waals surface area (Å²) in [6, 6.07) is 5.58. The monoisotopic (exact) mass is 286 g/mol. The number of hydrogen-bond donors (Lipinski definition) is 2. The molecule has 0 radical (unpaired) electrons. The summed E-state index contributed by atoms with van der Waals surface area (Å²) in [7, 11) is 1.83. The molecule has 18 heavy (non-hydrogen) atoms. The zero-order valence-corrected chi connectivity index (χ0v) is 12.5. The number of amides is 1. The summed E-state index contributed by atoms with van der Waals surface area (Å²) >= 11 is 7.68. The first-order chi connectivity index (χ1) is 8.52. The van der Waals surface area contributed by atoms with E-state index in [2.05, 4.69) is 24.5 Å². The molecule has 0 aliphatic heterocycles. The minimum Gasteiger partial charge on any atom is -0.325 e. The number of hydrogen-bond acceptors (Lipinski definition) is 3. The predicted octanol–water partition coefficient (Wildman–Crippen LogP) is 3.39. The summed E-state index contributed by atoms with van der Waals surface area (Å²) in [5.41, 5.74) is 0.794. The van der Waals surface area contributed by atoms with Crippen LogP contribution in [0.2, 0.25) is 5.02 Å².